The summed E-state index contributed by atoms with van der Waals surface area (Å²) in [6.45, 7) is 6.75. The van der Waals surface area contributed by atoms with Crippen molar-refractivity contribution in [3.05, 3.63) is 106 Å². The predicted molar refractivity (Wildman–Crippen MR) is 183 cm³/mol. The van der Waals surface area contributed by atoms with Crippen molar-refractivity contribution in [3.8, 4) is 0 Å². The van der Waals surface area contributed by atoms with Crippen molar-refractivity contribution in [2.75, 3.05) is 13.1 Å². The molecule has 0 bridgehead atoms. The van der Waals surface area contributed by atoms with Gasteiger partial charge in [-0.05, 0) is 58.5 Å². The van der Waals surface area contributed by atoms with Crippen molar-refractivity contribution in [1.82, 2.24) is 15.1 Å². The van der Waals surface area contributed by atoms with Crippen LogP contribution in [0.2, 0.25) is 0 Å². The molecular weight excluding hydrogens is 671 g/mol. The van der Waals surface area contributed by atoms with Gasteiger partial charge in [-0.15, -0.1) is 11.3 Å². The van der Waals surface area contributed by atoms with Gasteiger partial charge in [-0.3, -0.25) is 18.9 Å². The van der Waals surface area contributed by atoms with Crippen LogP contribution >= 0.6 is 18.9 Å². The van der Waals surface area contributed by atoms with Crippen LogP contribution in [0.3, 0.4) is 0 Å². The fourth-order valence-corrected chi connectivity index (χ4v) is 8.16. The van der Waals surface area contributed by atoms with Crippen LogP contribution in [0.1, 0.15) is 77.5 Å². The van der Waals surface area contributed by atoms with Crippen molar-refractivity contribution in [1.29, 1.82) is 0 Å². The number of alkyl halides is 2. The van der Waals surface area contributed by atoms with Crippen molar-refractivity contribution in [2.45, 2.75) is 63.8 Å². The average Bonchev–Trinajstić information content (AvgIpc) is 3.68. The van der Waals surface area contributed by atoms with E-state index in [0.717, 1.165) is 47.4 Å². The summed E-state index contributed by atoms with van der Waals surface area (Å²) in [4.78, 5) is 64.4. The van der Waals surface area contributed by atoms with Crippen LogP contribution < -0.4 is 5.32 Å². The summed E-state index contributed by atoms with van der Waals surface area (Å²) in [5.74, 6) is -1.01. The molecule has 4 aromatic rings. The molecule has 3 atom stereocenters. The second kappa shape index (κ2) is 13.1. The van der Waals surface area contributed by atoms with E-state index in [1.54, 1.807) is 4.90 Å². The van der Waals surface area contributed by atoms with Crippen molar-refractivity contribution >= 4 is 46.7 Å². The number of nitrogens with one attached hydrogen (secondary N) is 1. The number of amides is 3. The highest BCUT2D eigenvalue weighted by Crippen LogP contribution is 2.59. The highest BCUT2D eigenvalue weighted by molar-refractivity contribution is 7.52. The monoisotopic (exact) mass is 709 g/mol. The number of rotatable bonds is 7. The number of nitrogens with zero attached hydrogens (tertiary/aromatic N) is 2. The summed E-state index contributed by atoms with van der Waals surface area (Å²) < 4.78 is 40.6. The lowest BCUT2D eigenvalue weighted by atomic mass is 9.85. The van der Waals surface area contributed by atoms with Gasteiger partial charge in [0.2, 0.25) is 11.8 Å². The number of piperidine rings is 1. The fourth-order valence-electron chi connectivity index (χ4n) is 6.73. The lowest BCUT2D eigenvalue weighted by Crippen LogP contribution is -2.56. The molecule has 3 aromatic carbocycles. The van der Waals surface area contributed by atoms with Crippen LogP contribution in [-0.2, 0) is 26.4 Å². The minimum Gasteiger partial charge on any atom is -0.340 e. The number of halogens is 2. The molecule has 258 valence electrons. The first kappa shape index (κ1) is 34.9. The quantitative estimate of drug-likeness (QED) is 0.182. The van der Waals surface area contributed by atoms with E-state index in [2.05, 4.69) is 17.4 Å². The Hall–Kier alpha value is -3.96. The van der Waals surface area contributed by atoms with Crippen LogP contribution in [0.25, 0.3) is 10.1 Å². The maximum Gasteiger partial charge on any atom is 0.399 e. The molecular formula is C36H38F2N3O6PS. The van der Waals surface area contributed by atoms with Gasteiger partial charge in [0.25, 0.3) is 5.91 Å². The number of likely N-dealkylation sites (tertiary alicyclic amines) is 1. The number of fused-ring (bicyclic) bond motifs is 2. The van der Waals surface area contributed by atoms with Gasteiger partial charge in [0.05, 0.1) is 4.88 Å². The Bertz CT molecular complexity index is 1960. The summed E-state index contributed by atoms with van der Waals surface area (Å²) >= 11 is 1.00. The van der Waals surface area contributed by atoms with Gasteiger partial charge in [0.15, 0.2) is 0 Å². The molecule has 0 radical (unpaired) electrons. The highest BCUT2D eigenvalue weighted by Gasteiger charge is 2.50. The minimum atomic E-state index is -5.78. The zero-order chi connectivity index (χ0) is 35.3. The molecule has 2 unspecified atom stereocenters. The first-order chi connectivity index (χ1) is 23.1. The topological polar surface area (TPSA) is 127 Å². The summed E-state index contributed by atoms with van der Waals surface area (Å²) in [6, 6.07) is 20.2. The summed E-state index contributed by atoms with van der Waals surface area (Å²) in [5.41, 5.74) is -3.26. The number of carbonyl (C=O) groups is 3. The standard InChI is InChI=1S/C36H38F2N3O6PS/c1-35(2,3)31(39-32(42)29-19-25-18-26(15-16-28(25)49-29)36(37,38)48(45,46)47)34(44)41-21-24-12-7-8-14-27(24)30(41)33(43)40-17-9-13-23(20-40)22-10-5-4-6-11-22/h4-8,10-12,14-16,18-19,23,30-31H,9,13,17,20-21H2,1-3H3,(H,39,42)(H2,45,46,47)/t23?,30-,31?/m0/s1. The van der Waals surface area contributed by atoms with E-state index >= 15 is 0 Å². The largest absolute Gasteiger partial charge is 0.399 e. The maximum atomic E-state index is 14.5. The van der Waals surface area contributed by atoms with Gasteiger partial charge >= 0.3 is 13.3 Å². The SMILES string of the molecule is CC(C)(C)C(NC(=O)c1cc2cc(C(F)(F)P(=O)(O)O)ccc2s1)C(=O)N1Cc2ccccc2[C@H]1C(=O)N1CCCC(c2ccccc2)C1. The van der Waals surface area contributed by atoms with E-state index in [9.17, 15) is 27.7 Å². The van der Waals surface area contributed by atoms with Crippen LogP contribution in [-0.4, -0.2) is 56.4 Å². The highest BCUT2D eigenvalue weighted by atomic mass is 32.1. The van der Waals surface area contributed by atoms with E-state index in [1.165, 1.54) is 17.7 Å². The van der Waals surface area contributed by atoms with Crippen LogP contribution in [0, 0.1) is 5.41 Å². The van der Waals surface area contributed by atoms with Gasteiger partial charge < -0.3 is 24.9 Å². The Balaban J connectivity index is 1.26. The molecule has 49 heavy (non-hydrogen) atoms. The average molecular weight is 710 g/mol. The fraction of sp³-hybridized carbons (Fsp3) is 0.361. The third-order valence-corrected chi connectivity index (χ3v) is 11.5. The molecule has 0 aliphatic carbocycles. The number of thiophene rings is 1. The van der Waals surface area contributed by atoms with E-state index in [1.807, 2.05) is 68.1 Å². The molecule has 0 saturated carbocycles. The first-order valence-electron chi connectivity index (χ1n) is 16.1. The van der Waals surface area contributed by atoms with Crippen LogP contribution in [0.15, 0.2) is 78.9 Å². The third kappa shape index (κ3) is 6.79. The molecule has 2 aliphatic heterocycles. The van der Waals surface area contributed by atoms with E-state index < -0.39 is 48.1 Å². The normalized spacial score (nSPS) is 19.1. The van der Waals surface area contributed by atoms with Gasteiger partial charge in [-0.25, -0.2) is 0 Å². The summed E-state index contributed by atoms with van der Waals surface area (Å²) in [6.07, 6.45) is 1.79. The molecule has 0 spiro atoms. The van der Waals surface area contributed by atoms with E-state index in [0.29, 0.717) is 17.8 Å². The van der Waals surface area contributed by atoms with Crippen LogP contribution in [0.5, 0.6) is 0 Å². The lowest BCUT2D eigenvalue weighted by molar-refractivity contribution is -0.149. The molecule has 6 rings (SSSR count). The minimum absolute atomic E-state index is 0.131. The first-order valence-corrected chi connectivity index (χ1v) is 18.5. The number of hydrogen-bond donors (Lipinski definition) is 3. The molecule has 2 aliphatic rings. The summed E-state index contributed by atoms with van der Waals surface area (Å²) in [7, 11) is -5.78. The molecule has 9 nitrogen and oxygen atoms in total. The molecule has 1 fully saturated rings. The van der Waals surface area contributed by atoms with Gasteiger partial charge in [-0.2, -0.15) is 8.78 Å². The third-order valence-electron chi connectivity index (χ3n) is 9.36. The van der Waals surface area contributed by atoms with Crippen molar-refractivity contribution in [3.63, 3.8) is 0 Å². The molecule has 3 amide bonds. The van der Waals surface area contributed by atoms with Crippen LogP contribution in [0.4, 0.5) is 8.78 Å². The molecule has 1 aromatic heterocycles. The van der Waals surface area contributed by atoms with Gasteiger partial charge in [0.1, 0.15) is 12.1 Å². The van der Waals surface area contributed by atoms with E-state index in [-0.39, 0.29) is 28.6 Å². The second-order valence-corrected chi connectivity index (χ2v) is 16.6. The Kier molecular flexibility index (Phi) is 9.30. The number of carbonyl (C=O) groups excluding carboxylic acids is 3. The van der Waals surface area contributed by atoms with Crippen molar-refractivity contribution in [2.24, 2.45) is 5.41 Å². The predicted octanol–water partition coefficient (Wildman–Crippen LogP) is 6.76. The number of hydrogen-bond acceptors (Lipinski definition) is 5. The molecule has 13 heteroatoms. The Labute approximate surface area is 287 Å². The maximum absolute atomic E-state index is 14.5. The molecule has 1 saturated heterocycles. The summed E-state index contributed by atoms with van der Waals surface area (Å²) in [5, 5.41) is 3.06. The zero-order valence-corrected chi connectivity index (χ0v) is 29.0. The zero-order valence-electron chi connectivity index (χ0n) is 27.3. The lowest BCUT2D eigenvalue weighted by Gasteiger charge is -2.39. The molecule has 3 N–H and O–H groups in total. The second-order valence-electron chi connectivity index (χ2n) is 13.8. The Morgan fingerprint density at radius 1 is 0.980 bits per heavy atom. The van der Waals surface area contributed by atoms with Gasteiger partial charge in [-0.1, -0.05) is 81.4 Å². The number of benzene rings is 3. The Morgan fingerprint density at radius 2 is 1.67 bits per heavy atom. The molecule has 3 heterocycles. The smallest absolute Gasteiger partial charge is 0.340 e. The van der Waals surface area contributed by atoms with E-state index in [4.69, 9.17) is 9.79 Å². The van der Waals surface area contributed by atoms with Crippen molar-refractivity contribution < 1.29 is 37.5 Å². The van der Waals surface area contributed by atoms with Gasteiger partial charge in [0, 0.05) is 35.8 Å². The Morgan fingerprint density at radius 3 is 2.37 bits per heavy atom.